The highest BCUT2D eigenvalue weighted by molar-refractivity contribution is 5.38. The molecule has 0 fully saturated rings. The summed E-state index contributed by atoms with van der Waals surface area (Å²) in [7, 11) is 2.17. The van der Waals surface area contributed by atoms with Crippen LogP contribution in [-0.4, -0.2) is 39.3 Å². The number of benzene rings is 2. The molecule has 0 atom stereocenters. The molecule has 2 heterocycles. The van der Waals surface area contributed by atoms with E-state index in [1.165, 1.54) is 16.7 Å². The van der Waals surface area contributed by atoms with Crippen LogP contribution >= 0.6 is 0 Å². The molecule has 158 valence electrons. The molecule has 0 bridgehead atoms. The SMILES string of the molecule is CN(CCCCCn1c(O)c2n(c1=O)Cc1ccccc1C2)CCc1ccccc1. The fourth-order valence-electron chi connectivity index (χ4n) is 4.31. The highest BCUT2D eigenvalue weighted by Crippen LogP contribution is 2.27. The molecule has 30 heavy (non-hydrogen) atoms. The van der Waals surface area contributed by atoms with Gasteiger partial charge in [-0.2, -0.15) is 0 Å². The number of unbranched alkanes of at least 4 members (excludes halogenated alkanes) is 2. The van der Waals surface area contributed by atoms with Crippen molar-refractivity contribution in [3.63, 3.8) is 0 Å². The van der Waals surface area contributed by atoms with Crippen molar-refractivity contribution in [2.45, 2.75) is 45.2 Å². The van der Waals surface area contributed by atoms with Crippen LogP contribution in [0.1, 0.15) is 41.6 Å². The van der Waals surface area contributed by atoms with E-state index in [0.29, 0.717) is 19.5 Å². The number of hydrogen-bond donors (Lipinski definition) is 1. The van der Waals surface area contributed by atoms with Crippen molar-refractivity contribution in [3.8, 4) is 5.88 Å². The van der Waals surface area contributed by atoms with Crippen molar-refractivity contribution in [2.24, 2.45) is 0 Å². The Morgan fingerprint density at radius 3 is 2.47 bits per heavy atom. The number of imidazole rings is 1. The number of nitrogens with zero attached hydrogens (tertiary/aromatic N) is 3. The van der Waals surface area contributed by atoms with Gasteiger partial charge in [-0.3, -0.25) is 9.13 Å². The predicted octanol–water partition coefficient (Wildman–Crippen LogP) is 3.65. The van der Waals surface area contributed by atoms with E-state index in [4.69, 9.17) is 0 Å². The second-order valence-electron chi connectivity index (χ2n) is 8.34. The molecule has 1 N–H and O–H groups in total. The molecule has 0 saturated carbocycles. The van der Waals surface area contributed by atoms with Crippen LogP contribution in [-0.2, 0) is 25.9 Å². The van der Waals surface area contributed by atoms with E-state index in [-0.39, 0.29) is 11.6 Å². The zero-order chi connectivity index (χ0) is 20.9. The summed E-state index contributed by atoms with van der Waals surface area (Å²) >= 11 is 0. The summed E-state index contributed by atoms with van der Waals surface area (Å²) in [6, 6.07) is 18.7. The van der Waals surface area contributed by atoms with Gasteiger partial charge in [0.05, 0.1) is 12.2 Å². The molecule has 4 rings (SSSR count). The molecule has 2 aromatic carbocycles. The quantitative estimate of drug-likeness (QED) is 0.433. The topological polar surface area (TPSA) is 50.4 Å². The predicted molar refractivity (Wildman–Crippen MR) is 120 cm³/mol. The van der Waals surface area contributed by atoms with E-state index in [2.05, 4.69) is 54.4 Å². The van der Waals surface area contributed by atoms with Crippen molar-refractivity contribution in [1.29, 1.82) is 0 Å². The van der Waals surface area contributed by atoms with Crippen LogP contribution in [0.15, 0.2) is 59.4 Å². The maximum atomic E-state index is 12.8. The van der Waals surface area contributed by atoms with E-state index in [9.17, 15) is 9.90 Å². The first kappa shape index (κ1) is 20.5. The molecule has 0 unspecified atom stereocenters. The average Bonchev–Trinajstić information content (AvgIpc) is 3.00. The molecule has 0 spiro atoms. The van der Waals surface area contributed by atoms with Gasteiger partial charge in [-0.1, -0.05) is 61.0 Å². The normalized spacial score (nSPS) is 12.7. The van der Waals surface area contributed by atoms with E-state index >= 15 is 0 Å². The van der Waals surface area contributed by atoms with Gasteiger partial charge in [-0.25, -0.2) is 4.79 Å². The second kappa shape index (κ2) is 9.35. The van der Waals surface area contributed by atoms with E-state index < -0.39 is 0 Å². The first-order valence-electron chi connectivity index (χ1n) is 10.9. The number of likely N-dealkylation sites (N-methyl/N-ethyl adjacent to an activating group) is 1. The highest BCUT2D eigenvalue weighted by Gasteiger charge is 2.24. The van der Waals surface area contributed by atoms with Gasteiger partial charge in [-0.15, -0.1) is 0 Å². The van der Waals surface area contributed by atoms with E-state index in [1.807, 2.05) is 12.1 Å². The lowest BCUT2D eigenvalue weighted by Gasteiger charge is -2.17. The molecule has 5 heteroatoms. The molecule has 0 saturated heterocycles. The summed E-state index contributed by atoms with van der Waals surface area (Å²) < 4.78 is 3.29. The minimum atomic E-state index is -0.0861. The lowest BCUT2D eigenvalue weighted by Crippen LogP contribution is -2.28. The van der Waals surface area contributed by atoms with E-state index in [1.54, 1.807) is 9.13 Å². The Balaban J connectivity index is 1.24. The van der Waals surface area contributed by atoms with Gasteiger partial charge in [0.25, 0.3) is 0 Å². The first-order valence-corrected chi connectivity index (χ1v) is 10.9. The summed E-state index contributed by atoms with van der Waals surface area (Å²) in [6.45, 7) is 3.23. The van der Waals surface area contributed by atoms with Crippen LogP contribution in [0.25, 0.3) is 0 Å². The van der Waals surface area contributed by atoms with Crippen LogP contribution < -0.4 is 5.69 Å². The number of rotatable bonds is 9. The Bertz CT molecular complexity index is 1040. The summed E-state index contributed by atoms with van der Waals surface area (Å²) in [6.07, 6.45) is 4.73. The largest absolute Gasteiger partial charge is 0.493 e. The molecule has 1 aliphatic heterocycles. The van der Waals surface area contributed by atoms with Gasteiger partial charge in [0.2, 0.25) is 5.88 Å². The highest BCUT2D eigenvalue weighted by atomic mass is 16.3. The van der Waals surface area contributed by atoms with Crippen molar-refractivity contribution in [1.82, 2.24) is 14.0 Å². The smallest absolute Gasteiger partial charge is 0.331 e. The fourth-order valence-corrected chi connectivity index (χ4v) is 4.31. The van der Waals surface area contributed by atoms with E-state index in [0.717, 1.165) is 44.5 Å². The molecule has 1 aliphatic rings. The fraction of sp³-hybridized carbons (Fsp3) is 0.400. The maximum absolute atomic E-state index is 12.8. The molecule has 5 nitrogen and oxygen atoms in total. The molecule has 0 amide bonds. The molecule has 0 radical (unpaired) electrons. The summed E-state index contributed by atoms with van der Waals surface area (Å²) in [5, 5.41) is 10.6. The Labute approximate surface area is 178 Å². The number of fused-ring (bicyclic) bond motifs is 2. The van der Waals surface area contributed by atoms with Gasteiger partial charge in [0, 0.05) is 19.5 Å². The van der Waals surface area contributed by atoms with Crippen LogP contribution in [0.3, 0.4) is 0 Å². The van der Waals surface area contributed by atoms with Gasteiger partial charge in [-0.05, 0) is 49.5 Å². The van der Waals surface area contributed by atoms with Gasteiger partial charge >= 0.3 is 5.69 Å². The Morgan fingerprint density at radius 1 is 0.933 bits per heavy atom. The van der Waals surface area contributed by atoms with Crippen molar-refractivity contribution in [2.75, 3.05) is 20.1 Å². The maximum Gasteiger partial charge on any atom is 0.331 e. The summed E-state index contributed by atoms with van der Waals surface area (Å²) in [5.74, 6) is 0.148. The van der Waals surface area contributed by atoms with Gasteiger partial charge < -0.3 is 10.0 Å². The van der Waals surface area contributed by atoms with Gasteiger partial charge in [0.1, 0.15) is 0 Å². The lowest BCUT2D eigenvalue weighted by atomic mass is 9.99. The lowest BCUT2D eigenvalue weighted by molar-refractivity contribution is 0.325. The first-order chi connectivity index (χ1) is 14.6. The zero-order valence-electron chi connectivity index (χ0n) is 17.8. The second-order valence-corrected chi connectivity index (χ2v) is 8.34. The van der Waals surface area contributed by atoms with Crippen LogP contribution in [0, 0.1) is 0 Å². The summed E-state index contributed by atoms with van der Waals surface area (Å²) in [4.78, 5) is 15.2. The third kappa shape index (κ3) is 4.51. The van der Waals surface area contributed by atoms with Gasteiger partial charge in [0.15, 0.2) is 0 Å². The molecule has 1 aromatic heterocycles. The van der Waals surface area contributed by atoms with Crippen LogP contribution in [0.2, 0.25) is 0 Å². The van der Waals surface area contributed by atoms with Crippen molar-refractivity contribution < 1.29 is 5.11 Å². The monoisotopic (exact) mass is 405 g/mol. The standard InChI is InChI=1S/C25H31N3O2/c1-26(17-14-20-10-4-2-5-11-20)15-8-3-9-16-27-24(29)23-18-21-12-6-7-13-22(21)19-28(23)25(27)30/h2,4-7,10-13,29H,3,8-9,14-19H2,1H3. The molecule has 0 aliphatic carbocycles. The van der Waals surface area contributed by atoms with Crippen LogP contribution in [0.5, 0.6) is 5.88 Å². The molecular weight excluding hydrogens is 374 g/mol. The Kier molecular flexibility index (Phi) is 6.38. The molecule has 3 aromatic rings. The summed E-state index contributed by atoms with van der Waals surface area (Å²) in [5.41, 5.74) is 4.40. The van der Waals surface area contributed by atoms with Crippen molar-refractivity contribution in [3.05, 3.63) is 87.5 Å². The Hall–Kier alpha value is -2.79. The Morgan fingerprint density at radius 2 is 1.67 bits per heavy atom. The average molecular weight is 406 g/mol. The minimum absolute atomic E-state index is 0.0861. The number of aromatic hydroxyl groups is 1. The number of aromatic nitrogens is 2. The third-order valence-corrected chi connectivity index (χ3v) is 6.15. The minimum Gasteiger partial charge on any atom is -0.493 e. The zero-order valence-corrected chi connectivity index (χ0v) is 17.8. The molecular formula is C25H31N3O2. The van der Waals surface area contributed by atoms with Crippen molar-refractivity contribution >= 4 is 0 Å². The number of hydrogen-bond acceptors (Lipinski definition) is 3. The van der Waals surface area contributed by atoms with Crippen LogP contribution in [0.4, 0.5) is 0 Å². The third-order valence-electron chi connectivity index (χ3n) is 6.15.